The molecule has 166 valence electrons. The Morgan fingerprint density at radius 2 is 1.94 bits per heavy atom. The summed E-state index contributed by atoms with van der Waals surface area (Å²) in [7, 11) is -3.87. The number of anilines is 1. The lowest BCUT2D eigenvalue weighted by Crippen LogP contribution is -2.27. The van der Waals surface area contributed by atoms with Gasteiger partial charge in [-0.3, -0.25) is 9.52 Å². The van der Waals surface area contributed by atoms with Gasteiger partial charge in [0, 0.05) is 5.56 Å². The van der Waals surface area contributed by atoms with Gasteiger partial charge in [0.2, 0.25) is 10.0 Å². The van der Waals surface area contributed by atoms with Crippen molar-refractivity contribution < 1.29 is 31.1 Å². The molecule has 0 saturated carbocycles. The normalized spacial score (nSPS) is 12.0. The Morgan fingerprint density at radius 1 is 1.25 bits per heavy atom. The summed E-state index contributed by atoms with van der Waals surface area (Å²) in [5, 5.41) is 2.51. The quantitative estimate of drug-likeness (QED) is 0.521. The Balaban J connectivity index is 1.70. The van der Waals surface area contributed by atoms with E-state index in [1.54, 1.807) is 29.0 Å². The summed E-state index contributed by atoms with van der Waals surface area (Å²) in [5.74, 6) is -0.130. The molecular formula is C21H17F2N3O5S. The number of hydrogen-bond donors (Lipinski definition) is 2. The molecule has 8 nitrogen and oxygen atoms in total. The lowest BCUT2D eigenvalue weighted by atomic mass is 10.1. The first-order valence-corrected chi connectivity index (χ1v) is 10.9. The molecule has 3 aromatic rings. The Hall–Kier alpha value is -3.91. The number of carbonyl (C=O) groups excluding carboxylic acids is 1. The summed E-state index contributed by atoms with van der Waals surface area (Å²) < 4.78 is 63.2. The van der Waals surface area contributed by atoms with Crippen molar-refractivity contribution in [3.05, 3.63) is 71.1 Å². The molecule has 0 aliphatic carbocycles. The number of oxazole rings is 1. The second-order valence-corrected chi connectivity index (χ2v) is 8.45. The number of rotatable bonds is 7. The van der Waals surface area contributed by atoms with Crippen molar-refractivity contribution in [1.29, 1.82) is 0 Å². The number of ether oxygens (including phenoxy) is 1. The van der Waals surface area contributed by atoms with Crippen molar-refractivity contribution >= 4 is 21.6 Å². The zero-order chi connectivity index (χ0) is 23.5. The monoisotopic (exact) mass is 461 g/mol. The van der Waals surface area contributed by atoms with Gasteiger partial charge in [-0.2, -0.15) is 4.98 Å². The van der Waals surface area contributed by atoms with E-state index >= 15 is 0 Å². The van der Waals surface area contributed by atoms with Crippen LogP contribution in [0, 0.1) is 24.0 Å². The third kappa shape index (κ3) is 5.61. The van der Waals surface area contributed by atoms with Gasteiger partial charge in [-0.25, -0.2) is 17.2 Å². The predicted octanol–water partition coefficient (Wildman–Crippen LogP) is 3.59. The highest BCUT2D eigenvalue weighted by atomic mass is 32.2. The number of nitrogens with one attached hydrogen (secondary N) is 2. The van der Waals surface area contributed by atoms with Crippen molar-refractivity contribution in [3.8, 4) is 24.2 Å². The number of carbonyl (C=O) groups is 1. The summed E-state index contributed by atoms with van der Waals surface area (Å²) in [6.45, 7) is 1.48. The van der Waals surface area contributed by atoms with Crippen molar-refractivity contribution in [3.63, 3.8) is 0 Å². The molecular weight excluding hydrogens is 444 g/mol. The smallest absolute Gasteiger partial charge is 0.399 e. The maximum absolute atomic E-state index is 14.2. The predicted molar refractivity (Wildman–Crippen MR) is 112 cm³/mol. The maximum atomic E-state index is 14.2. The number of benzene rings is 2. The third-order valence-electron chi connectivity index (χ3n) is 4.12. The molecule has 0 bridgehead atoms. The molecule has 1 heterocycles. The van der Waals surface area contributed by atoms with Crippen LogP contribution < -0.4 is 14.8 Å². The molecule has 32 heavy (non-hydrogen) atoms. The van der Waals surface area contributed by atoms with E-state index in [2.05, 4.69) is 16.2 Å². The van der Waals surface area contributed by atoms with E-state index < -0.39 is 39.3 Å². The van der Waals surface area contributed by atoms with Crippen LogP contribution in [0.5, 0.6) is 11.8 Å². The van der Waals surface area contributed by atoms with Crippen LogP contribution in [0.2, 0.25) is 0 Å². The van der Waals surface area contributed by atoms with Crippen molar-refractivity contribution in [1.82, 2.24) is 10.3 Å². The number of amides is 1. The van der Waals surface area contributed by atoms with Crippen molar-refractivity contribution in [2.45, 2.75) is 13.0 Å². The minimum atomic E-state index is -3.87. The zero-order valence-corrected chi connectivity index (χ0v) is 17.7. The fraction of sp³-hybridized carbons (Fsp3) is 0.143. The standard InChI is InChI=1S/C21H17F2N3O5S/c1-4-13-6-5-7-15(8-13)31-21-25-18(11-30-21)20(27)24-12(2)14-9-16(22)19(17(23)10-14)26-32(3,28)29/h1,5-12,26H,2-3H3,(H,24,27). The molecule has 2 aromatic carbocycles. The summed E-state index contributed by atoms with van der Waals surface area (Å²) in [5.41, 5.74) is -0.283. The first-order chi connectivity index (χ1) is 15.1. The summed E-state index contributed by atoms with van der Waals surface area (Å²) in [4.78, 5) is 16.3. The van der Waals surface area contributed by atoms with Crippen LogP contribution in [0.1, 0.15) is 34.6 Å². The van der Waals surface area contributed by atoms with Gasteiger partial charge in [0.1, 0.15) is 17.7 Å². The van der Waals surface area contributed by atoms with Gasteiger partial charge in [0.15, 0.2) is 17.3 Å². The molecule has 0 radical (unpaired) electrons. The number of nitrogens with zero attached hydrogens (tertiary/aromatic N) is 1. The lowest BCUT2D eigenvalue weighted by Gasteiger charge is -2.15. The SMILES string of the molecule is C#Cc1cccc(Oc2nc(C(=O)NC(C)c3cc(F)c(NS(C)(=O)=O)c(F)c3)co2)c1. The maximum Gasteiger partial charge on any atom is 0.399 e. The van der Waals surface area contributed by atoms with Crippen molar-refractivity contribution in [2.75, 3.05) is 11.0 Å². The number of halogens is 2. The third-order valence-corrected chi connectivity index (χ3v) is 4.70. The van der Waals surface area contributed by atoms with Gasteiger partial charge in [0.05, 0.1) is 12.3 Å². The second kappa shape index (κ2) is 9.07. The van der Waals surface area contributed by atoms with E-state index in [-0.39, 0.29) is 17.3 Å². The minimum Gasteiger partial charge on any atom is -0.416 e. The molecule has 1 amide bonds. The first kappa shape index (κ1) is 22.8. The van der Waals surface area contributed by atoms with E-state index in [0.717, 1.165) is 24.7 Å². The average Bonchev–Trinajstić information content (AvgIpc) is 3.18. The van der Waals surface area contributed by atoms with Gasteiger partial charge in [0.25, 0.3) is 5.91 Å². The highest BCUT2D eigenvalue weighted by Crippen LogP contribution is 2.26. The highest BCUT2D eigenvalue weighted by Gasteiger charge is 2.20. The summed E-state index contributed by atoms with van der Waals surface area (Å²) in [6.07, 6.45) is 6.95. The Labute approximate surface area is 182 Å². The van der Waals surface area contributed by atoms with E-state index in [1.165, 1.54) is 6.92 Å². The van der Waals surface area contributed by atoms with Gasteiger partial charge in [-0.15, -0.1) is 6.42 Å². The minimum absolute atomic E-state index is 0.0680. The molecule has 1 atom stereocenters. The molecule has 0 spiro atoms. The van der Waals surface area contributed by atoms with Gasteiger partial charge in [-0.05, 0) is 42.8 Å². The highest BCUT2D eigenvalue weighted by molar-refractivity contribution is 7.92. The first-order valence-electron chi connectivity index (χ1n) is 9.03. The Kier molecular flexibility index (Phi) is 6.45. The van der Waals surface area contributed by atoms with Crippen LogP contribution in [0.4, 0.5) is 14.5 Å². The fourth-order valence-electron chi connectivity index (χ4n) is 2.64. The molecule has 0 saturated heterocycles. The number of aromatic nitrogens is 1. The molecule has 1 aromatic heterocycles. The zero-order valence-electron chi connectivity index (χ0n) is 16.8. The van der Waals surface area contributed by atoms with Gasteiger partial charge in [-0.1, -0.05) is 12.0 Å². The summed E-state index contributed by atoms with van der Waals surface area (Å²) in [6, 6.07) is 7.58. The van der Waals surface area contributed by atoms with Crippen LogP contribution in [0.25, 0.3) is 0 Å². The Bertz CT molecular complexity index is 1290. The number of sulfonamides is 1. The summed E-state index contributed by atoms with van der Waals surface area (Å²) >= 11 is 0. The van der Waals surface area contributed by atoms with Crippen LogP contribution in [0.15, 0.2) is 47.1 Å². The van der Waals surface area contributed by atoms with Gasteiger partial charge >= 0.3 is 6.08 Å². The largest absolute Gasteiger partial charge is 0.416 e. The lowest BCUT2D eigenvalue weighted by molar-refractivity contribution is 0.0934. The Morgan fingerprint density at radius 3 is 2.56 bits per heavy atom. The van der Waals surface area contributed by atoms with Crippen LogP contribution in [-0.4, -0.2) is 25.6 Å². The van der Waals surface area contributed by atoms with Crippen LogP contribution in [0.3, 0.4) is 0 Å². The molecule has 11 heteroatoms. The van der Waals surface area contributed by atoms with E-state index in [0.29, 0.717) is 11.3 Å². The molecule has 3 rings (SSSR count). The number of hydrogen-bond acceptors (Lipinski definition) is 6. The van der Waals surface area contributed by atoms with E-state index in [9.17, 15) is 22.0 Å². The molecule has 2 N–H and O–H groups in total. The fourth-order valence-corrected chi connectivity index (χ4v) is 3.20. The van der Waals surface area contributed by atoms with Crippen LogP contribution >= 0.6 is 0 Å². The van der Waals surface area contributed by atoms with Crippen LogP contribution in [-0.2, 0) is 10.0 Å². The molecule has 0 aliphatic heterocycles. The number of terminal acetylenes is 1. The van der Waals surface area contributed by atoms with E-state index in [4.69, 9.17) is 15.6 Å². The molecule has 0 fully saturated rings. The second-order valence-electron chi connectivity index (χ2n) is 6.70. The molecule has 1 unspecified atom stereocenters. The van der Waals surface area contributed by atoms with E-state index in [1.807, 2.05) is 0 Å². The molecule has 0 aliphatic rings. The van der Waals surface area contributed by atoms with Crippen molar-refractivity contribution in [2.24, 2.45) is 0 Å². The average molecular weight is 461 g/mol. The van der Waals surface area contributed by atoms with Gasteiger partial charge < -0.3 is 14.5 Å². The topological polar surface area (TPSA) is 111 Å².